The van der Waals surface area contributed by atoms with Gasteiger partial charge in [-0.25, -0.2) is 0 Å². The number of allylic oxidation sites excluding steroid dienone is 2. The first kappa shape index (κ1) is 26.7. The van der Waals surface area contributed by atoms with E-state index in [-0.39, 0.29) is 22.9 Å². The summed E-state index contributed by atoms with van der Waals surface area (Å²) in [5.41, 5.74) is 2.12. The molecule has 0 aromatic rings. The lowest BCUT2D eigenvalue weighted by Crippen LogP contribution is -2.58. The summed E-state index contributed by atoms with van der Waals surface area (Å²) in [6.45, 7) is 18.7. The Morgan fingerprint density at radius 3 is 2.32 bits per heavy atom. The van der Waals surface area contributed by atoms with Crippen molar-refractivity contribution in [3.05, 3.63) is 11.6 Å². The van der Waals surface area contributed by atoms with E-state index in [1.807, 2.05) is 21.0 Å². The zero-order valence-electron chi connectivity index (χ0n) is 23.7. The van der Waals surface area contributed by atoms with Gasteiger partial charge in [-0.1, -0.05) is 53.2 Å². The number of aliphatic hydroxyl groups excluding tert-OH is 1. The van der Waals surface area contributed by atoms with Gasteiger partial charge in [-0.05, 0) is 117 Å². The SMILES string of the molecule is COC1CCC2(C)C3=CCC4(C)C(C(C)C(O)CCC(C)(C)O)CCC4(C)C3CCC2C1(C)C. The second kappa shape index (κ2) is 8.59. The van der Waals surface area contributed by atoms with Gasteiger partial charge in [0, 0.05) is 7.11 Å². The van der Waals surface area contributed by atoms with E-state index < -0.39 is 5.60 Å². The van der Waals surface area contributed by atoms with Gasteiger partial charge in [-0.3, -0.25) is 0 Å². The first-order valence-corrected chi connectivity index (χ1v) is 14.3. The molecule has 4 aliphatic rings. The Labute approximate surface area is 210 Å². The summed E-state index contributed by atoms with van der Waals surface area (Å²) in [4.78, 5) is 0. The lowest BCUT2D eigenvalue weighted by atomic mass is 9.41. The monoisotopic (exact) mass is 474 g/mol. The van der Waals surface area contributed by atoms with E-state index in [2.05, 4.69) is 47.6 Å². The maximum atomic E-state index is 11.1. The third-order valence-corrected chi connectivity index (χ3v) is 12.4. The van der Waals surface area contributed by atoms with Crippen molar-refractivity contribution >= 4 is 0 Å². The van der Waals surface area contributed by atoms with Gasteiger partial charge in [0.25, 0.3) is 0 Å². The first-order valence-electron chi connectivity index (χ1n) is 14.3. The van der Waals surface area contributed by atoms with Crippen LogP contribution in [0.15, 0.2) is 11.6 Å². The van der Waals surface area contributed by atoms with Crippen molar-refractivity contribution in [1.29, 1.82) is 0 Å². The number of hydrogen-bond acceptors (Lipinski definition) is 3. The van der Waals surface area contributed by atoms with Gasteiger partial charge >= 0.3 is 0 Å². The van der Waals surface area contributed by atoms with Crippen molar-refractivity contribution in [1.82, 2.24) is 0 Å². The molecule has 34 heavy (non-hydrogen) atoms. The lowest BCUT2D eigenvalue weighted by Gasteiger charge is -2.64. The second-order valence-electron chi connectivity index (χ2n) is 14.8. The average molecular weight is 475 g/mol. The Morgan fingerprint density at radius 2 is 1.71 bits per heavy atom. The molecular formula is C31H54O3. The molecule has 0 bridgehead atoms. The van der Waals surface area contributed by atoms with Gasteiger partial charge in [0.15, 0.2) is 0 Å². The quantitative estimate of drug-likeness (QED) is 0.402. The van der Waals surface area contributed by atoms with Gasteiger partial charge in [0.1, 0.15) is 0 Å². The van der Waals surface area contributed by atoms with Crippen molar-refractivity contribution < 1.29 is 14.9 Å². The minimum absolute atomic E-state index is 0.215. The van der Waals surface area contributed by atoms with Gasteiger partial charge in [-0.2, -0.15) is 0 Å². The Bertz CT molecular complexity index is 793. The van der Waals surface area contributed by atoms with Crippen LogP contribution in [-0.4, -0.2) is 35.1 Å². The van der Waals surface area contributed by atoms with E-state index in [9.17, 15) is 10.2 Å². The van der Waals surface area contributed by atoms with Crippen molar-refractivity contribution in [2.24, 2.45) is 45.3 Å². The molecule has 0 radical (unpaired) electrons. The Morgan fingerprint density at radius 1 is 1.03 bits per heavy atom. The molecule has 3 heteroatoms. The zero-order chi connectivity index (χ0) is 25.3. The molecule has 9 atom stereocenters. The molecule has 0 saturated heterocycles. The van der Waals surface area contributed by atoms with Crippen LogP contribution >= 0.6 is 0 Å². The molecule has 196 valence electrons. The van der Waals surface area contributed by atoms with Crippen LogP contribution in [0.2, 0.25) is 0 Å². The third-order valence-electron chi connectivity index (χ3n) is 12.4. The highest BCUT2D eigenvalue weighted by Crippen LogP contribution is 2.73. The molecule has 0 aromatic carbocycles. The second-order valence-corrected chi connectivity index (χ2v) is 14.8. The summed E-state index contributed by atoms with van der Waals surface area (Å²) >= 11 is 0. The molecule has 0 heterocycles. The summed E-state index contributed by atoms with van der Waals surface area (Å²) in [5, 5.41) is 21.3. The number of methoxy groups -OCH3 is 1. The van der Waals surface area contributed by atoms with Crippen LogP contribution in [-0.2, 0) is 4.74 Å². The van der Waals surface area contributed by atoms with E-state index in [0.29, 0.717) is 47.5 Å². The highest BCUT2D eigenvalue weighted by Gasteiger charge is 2.65. The predicted octanol–water partition coefficient (Wildman–Crippen LogP) is 7.15. The maximum absolute atomic E-state index is 11.1. The van der Waals surface area contributed by atoms with E-state index in [1.165, 1.54) is 38.5 Å². The Balaban J connectivity index is 1.61. The highest BCUT2D eigenvalue weighted by molar-refractivity contribution is 5.32. The van der Waals surface area contributed by atoms with Gasteiger partial charge in [-0.15, -0.1) is 0 Å². The van der Waals surface area contributed by atoms with Crippen LogP contribution in [0.25, 0.3) is 0 Å². The van der Waals surface area contributed by atoms with Crippen LogP contribution in [0, 0.1) is 45.3 Å². The highest BCUT2D eigenvalue weighted by atomic mass is 16.5. The molecular weight excluding hydrogens is 420 g/mol. The number of aliphatic hydroxyl groups is 2. The summed E-state index contributed by atoms with van der Waals surface area (Å²) in [6.07, 6.45) is 12.8. The smallest absolute Gasteiger partial charge is 0.0625 e. The largest absolute Gasteiger partial charge is 0.393 e. The summed E-state index contributed by atoms with van der Waals surface area (Å²) in [5.74, 6) is 2.17. The molecule has 0 amide bonds. The number of fused-ring (bicyclic) bond motifs is 5. The van der Waals surface area contributed by atoms with Crippen LogP contribution in [0.4, 0.5) is 0 Å². The predicted molar refractivity (Wildman–Crippen MR) is 140 cm³/mol. The fourth-order valence-electron chi connectivity index (χ4n) is 10.0. The van der Waals surface area contributed by atoms with Crippen LogP contribution in [0.3, 0.4) is 0 Å². The van der Waals surface area contributed by atoms with Crippen LogP contribution < -0.4 is 0 Å². The van der Waals surface area contributed by atoms with Crippen molar-refractivity contribution in [3.63, 3.8) is 0 Å². The summed E-state index contributed by atoms with van der Waals surface area (Å²) in [7, 11) is 1.91. The van der Waals surface area contributed by atoms with E-state index in [1.54, 1.807) is 5.57 Å². The van der Waals surface area contributed by atoms with Crippen molar-refractivity contribution in [2.75, 3.05) is 7.11 Å². The standard InChI is InChI=1S/C31H54O3/c1-20(24(32)14-16-27(2,3)33)21-12-18-31(8)23-10-11-25-28(4,5)26(34-9)15-17-29(25,6)22(23)13-19-30(21,31)7/h13,20-21,23-26,32-33H,10-12,14-19H2,1-9H3. The summed E-state index contributed by atoms with van der Waals surface area (Å²) < 4.78 is 5.99. The molecule has 2 N–H and O–H groups in total. The molecule has 3 nitrogen and oxygen atoms in total. The molecule has 3 fully saturated rings. The lowest BCUT2D eigenvalue weighted by molar-refractivity contribution is -0.131. The van der Waals surface area contributed by atoms with E-state index in [0.717, 1.165) is 6.42 Å². The first-order chi connectivity index (χ1) is 15.6. The molecule has 0 aliphatic heterocycles. The number of ether oxygens (including phenoxy) is 1. The van der Waals surface area contributed by atoms with E-state index in [4.69, 9.17) is 4.74 Å². The average Bonchev–Trinajstić information content (AvgIpc) is 3.02. The van der Waals surface area contributed by atoms with Crippen molar-refractivity contribution in [2.45, 2.75) is 131 Å². The summed E-state index contributed by atoms with van der Waals surface area (Å²) in [6, 6.07) is 0. The Kier molecular flexibility index (Phi) is 6.74. The van der Waals surface area contributed by atoms with Gasteiger partial charge < -0.3 is 14.9 Å². The maximum Gasteiger partial charge on any atom is 0.0625 e. The third kappa shape index (κ3) is 3.86. The zero-order valence-corrected chi connectivity index (χ0v) is 23.7. The van der Waals surface area contributed by atoms with E-state index >= 15 is 0 Å². The van der Waals surface area contributed by atoms with Gasteiger partial charge in [0.2, 0.25) is 0 Å². The molecule has 0 aromatic heterocycles. The minimum Gasteiger partial charge on any atom is -0.393 e. The van der Waals surface area contributed by atoms with Crippen molar-refractivity contribution in [3.8, 4) is 0 Å². The Hall–Kier alpha value is -0.380. The fraction of sp³-hybridized carbons (Fsp3) is 0.935. The minimum atomic E-state index is -0.707. The van der Waals surface area contributed by atoms with Crippen LogP contribution in [0.1, 0.15) is 113 Å². The normalized spacial score (nSPS) is 45.6. The molecule has 0 spiro atoms. The van der Waals surface area contributed by atoms with Crippen LogP contribution in [0.5, 0.6) is 0 Å². The molecule has 3 saturated carbocycles. The van der Waals surface area contributed by atoms with Gasteiger partial charge in [0.05, 0.1) is 17.8 Å². The number of hydrogen-bond donors (Lipinski definition) is 2. The fourth-order valence-corrected chi connectivity index (χ4v) is 10.0. The number of rotatable bonds is 6. The molecule has 9 unspecified atom stereocenters. The molecule has 4 rings (SSSR count). The topological polar surface area (TPSA) is 49.7 Å². The molecule has 4 aliphatic carbocycles.